The molecule has 0 amide bonds. The SMILES string of the molecule is Cc1cccc(/C=C/c2nc3c(s2)NCCC3)c1C. The fourth-order valence-corrected chi connectivity index (χ4v) is 3.26. The first-order valence-corrected chi connectivity index (χ1v) is 7.53. The molecule has 1 N–H and O–H groups in total. The Morgan fingerprint density at radius 1 is 1.26 bits per heavy atom. The second-order valence-corrected chi connectivity index (χ2v) is 6.01. The molecule has 0 saturated heterocycles. The van der Waals surface area contributed by atoms with Gasteiger partial charge in [0.15, 0.2) is 0 Å². The average molecular weight is 270 g/mol. The standard InChI is InChI=1S/C16H18N2S/c1-11-5-3-6-13(12(11)2)8-9-15-18-14-7-4-10-17-16(14)19-15/h3,5-6,8-9,17H,4,7,10H2,1-2H3/b9-8+. The molecule has 0 radical (unpaired) electrons. The minimum absolute atomic E-state index is 1.08. The molecule has 0 aliphatic carbocycles. The van der Waals surface area contributed by atoms with Crippen LogP contribution in [0.1, 0.15) is 33.8 Å². The fourth-order valence-electron chi connectivity index (χ4n) is 2.32. The van der Waals surface area contributed by atoms with Gasteiger partial charge >= 0.3 is 0 Å². The van der Waals surface area contributed by atoms with Gasteiger partial charge in [-0.25, -0.2) is 4.98 Å². The van der Waals surface area contributed by atoms with Crippen molar-refractivity contribution in [3.63, 3.8) is 0 Å². The minimum atomic E-state index is 1.08. The van der Waals surface area contributed by atoms with Gasteiger partial charge in [0.25, 0.3) is 0 Å². The van der Waals surface area contributed by atoms with Crippen molar-refractivity contribution in [2.75, 3.05) is 11.9 Å². The molecule has 0 spiro atoms. The number of thiazole rings is 1. The van der Waals surface area contributed by atoms with Gasteiger partial charge < -0.3 is 5.32 Å². The highest BCUT2D eigenvalue weighted by Gasteiger charge is 2.13. The Morgan fingerprint density at radius 2 is 2.16 bits per heavy atom. The molecule has 1 aromatic heterocycles. The number of fused-ring (bicyclic) bond motifs is 1. The highest BCUT2D eigenvalue weighted by atomic mass is 32.1. The third kappa shape index (κ3) is 2.56. The number of benzene rings is 1. The van der Waals surface area contributed by atoms with E-state index < -0.39 is 0 Å². The lowest BCUT2D eigenvalue weighted by Gasteiger charge is -2.10. The Morgan fingerprint density at radius 3 is 3.00 bits per heavy atom. The monoisotopic (exact) mass is 270 g/mol. The molecule has 2 nitrogen and oxygen atoms in total. The van der Waals surface area contributed by atoms with Crippen LogP contribution in [0.25, 0.3) is 12.2 Å². The molecular weight excluding hydrogens is 252 g/mol. The molecule has 1 aromatic carbocycles. The topological polar surface area (TPSA) is 24.9 Å². The maximum absolute atomic E-state index is 4.69. The zero-order valence-corrected chi connectivity index (χ0v) is 12.2. The number of hydrogen-bond acceptors (Lipinski definition) is 3. The van der Waals surface area contributed by atoms with Crippen LogP contribution in [0.3, 0.4) is 0 Å². The van der Waals surface area contributed by atoms with Crippen molar-refractivity contribution in [2.45, 2.75) is 26.7 Å². The first-order chi connectivity index (χ1) is 9.24. The molecule has 0 unspecified atom stereocenters. The maximum Gasteiger partial charge on any atom is 0.118 e. The van der Waals surface area contributed by atoms with Crippen LogP contribution in [-0.2, 0) is 6.42 Å². The Kier molecular flexibility index (Phi) is 3.38. The number of anilines is 1. The van der Waals surface area contributed by atoms with Crippen LogP contribution in [0.15, 0.2) is 18.2 Å². The Hall–Kier alpha value is -1.61. The van der Waals surface area contributed by atoms with Gasteiger partial charge in [0, 0.05) is 6.54 Å². The molecule has 19 heavy (non-hydrogen) atoms. The summed E-state index contributed by atoms with van der Waals surface area (Å²) < 4.78 is 0. The predicted octanol–water partition coefficient (Wildman–Crippen LogP) is 4.29. The zero-order chi connectivity index (χ0) is 13.2. The third-order valence-corrected chi connectivity index (χ3v) is 4.66. The van der Waals surface area contributed by atoms with Crippen molar-refractivity contribution in [1.82, 2.24) is 4.98 Å². The van der Waals surface area contributed by atoms with E-state index in [0.29, 0.717) is 0 Å². The molecule has 3 heteroatoms. The summed E-state index contributed by atoms with van der Waals surface area (Å²) in [6.45, 7) is 5.40. The van der Waals surface area contributed by atoms with Crippen LogP contribution in [0.5, 0.6) is 0 Å². The molecule has 0 bridgehead atoms. The summed E-state index contributed by atoms with van der Waals surface area (Å²) in [5, 5.41) is 5.78. The molecule has 1 aliphatic heterocycles. The number of rotatable bonds is 2. The normalized spacial score (nSPS) is 14.4. The Balaban J connectivity index is 1.86. The lowest BCUT2D eigenvalue weighted by atomic mass is 10.0. The van der Waals surface area contributed by atoms with Gasteiger partial charge in [-0.05, 0) is 49.5 Å². The molecule has 3 rings (SSSR count). The highest BCUT2D eigenvalue weighted by Crippen LogP contribution is 2.29. The summed E-state index contributed by atoms with van der Waals surface area (Å²) in [5.41, 5.74) is 5.19. The highest BCUT2D eigenvalue weighted by molar-refractivity contribution is 7.16. The van der Waals surface area contributed by atoms with Gasteiger partial charge in [-0.15, -0.1) is 0 Å². The summed E-state index contributed by atoms with van der Waals surface area (Å²) in [6.07, 6.45) is 6.60. The summed E-state index contributed by atoms with van der Waals surface area (Å²) >= 11 is 1.76. The number of aryl methyl sites for hydroxylation is 2. The summed E-state index contributed by atoms with van der Waals surface area (Å²) in [7, 11) is 0. The van der Waals surface area contributed by atoms with Crippen molar-refractivity contribution in [2.24, 2.45) is 0 Å². The number of hydrogen-bond donors (Lipinski definition) is 1. The Labute approximate surface area is 118 Å². The summed E-state index contributed by atoms with van der Waals surface area (Å²) in [5.74, 6) is 0. The summed E-state index contributed by atoms with van der Waals surface area (Å²) in [6, 6.07) is 6.42. The van der Waals surface area contributed by atoms with Gasteiger partial charge in [-0.2, -0.15) is 0 Å². The van der Waals surface area contributed by atoms with Crippen molar-refractivity contribution in [3.8, 4) is 0 Å². The van der Waals surface area contributed by atoms with Gasteiger partial charge in [0.1, 0.15) is 10.0 Å². The zero-order valence-electron chi connectivity index (χ0n) is 11.4. The van der Waals surface area contributed by atoms with Crippen molar-refractivity contribution in [3.05, 3.63) is 45.6 Å². The number of nitrogens with zero attached hydrogens (tertiary/aromatic N) is 1. The second kappa shape index (κ2) is 5.17. The van der Waals surface area contributed by atoms with Crippen LogP contribution in [0.2, 0.25) is 0 Å². The van der Waals surface area contributed by atoms with E-state index in [1.807, 2.05) is 0 Å². The molecular formula is C16H18N2S. The smallest absolute Gasteiger partial charge is 0.118 e. The van der Waals surface area contributed by atoms with Crippen LogP contribution in [-0.4, -0.2) is 11.5 Å². The molecule has 1 aliphatic rings. The summed E-state index contributed by atoms with van der Waals surface area (Å²) in [4.78, 5) is 4.69. The number of aromatic nitrogens is 1. The van der Waals surface area contributed by atoms with E-state index >= 15 is 0 Å². The predicted molar refractivity (Wildman–Crippen MR) is 83.8 cm³/mol. The third-order valence-electron chi connectivity index (χ3n) is 3.64. The van der Waals surface area contributed by atoms with Gasteiger partial charge in [-0.3, -0.25) is 0 Å². The fraction of sp³-hybridized carbons (Fsp3) is 0.312. The maximum atomic E-state index is 4.69. The van der Waals surface area contributed by atoms with Crippen molar-refractivity contribution in [1.29, 1.82) is 0 Å². The van der Waals surface area contributed by atoms with E-state index in [4.69, 9.17) is 0 Å². The van der Waals surface area contributed by atoms with E-state index in [0.717, 1.165) is 18.0 Å². The van der Waals surface area contributed by atoms with Crippen LogP contribution < -0.4 is 5.32 Å². The molecule has 2 aromatic rings. The van der Waals surface area contributed by atoms with Crippen molar-refractivity contribution >= 4 is 28.5 Å². The van der Waals surface area contributed by atoms with Gasteiger partial charge in [0.05, 0.1) is 5.69 Å². The first kappa shape index (κ1) is 12.4. The van der Waals surface area contributed by atoms with Crippen molar-refractivity contribution < 1.29 is 0 Å². The quantitative estimate of drug-likeness (QED) is 0.880. The van der Waals surface area contributed by atoms with E-state index in [1.165, 1.54) is 33.8 Å². The van der Waals surface area contributed by atoms with E-state index in [9.17, 15) is 0 Å². The van der Waals surface area contributed by atoms with E-state index in [1.54, 1.807) is 11.3 Å². The molecule has 0 saturated carbocycles. The molecule has 2 heterocycles. The van der Waals surface area contributed by atoms with Crippen LogP contribution in [0.4, 0.5) is 5.00 Å². The molecule has 0 fully saturated rings. The molecule has 98 valence electrons. The van der Waals surface area contributed by atoms with Crippen LogP contribution >= 0.6 is 11.3 Å². The average Bonchev–Trinajstić information content (AvgIpc) is 2.83. The number of nitrogens with one attached hydrogen (secondary N) is 1. The largest absolute Gasteiger partial charge is 0.375 e. The molecule has 0 atom stereocenters. The lowest BCUT2D eigenvalue weighted by Crippen LogP contribution is -2.09. The minimum Gasteiger partial charge on any atom is -0.375 e. The van der Waals surface area contributed by atoms with E-state index in [-0.39, 0.29) is 0 Å². The van der Waals surface area contributed by atoms with E-state index in [2.05, 4.69) is 54.5 Å². The van der Waals surface area contributed by atoms with Gasteiger partial charge in [0.2, 0.25) is 0 Å². The first-order valence-electron chi connectivity index (χ1n) is 6.72. The second-order valence-electron chi connectivity index (χ2n) is 4.98. The van der Waals surface area contributed by atoms with Gasteiger partial charge in [-0.1, -0.05) is 35.6 Å². The lowest BCUT2D eigenvalue weighted by molar-refractivity contribution is 0.813. The van der Waals surface area contributed by atoms with Crippen LogP contribution in [0, 0.1) is 13.8 Å². The Bertz CT molecular complexity index is 602.